The lowest BCUT2D eigenvalue weighted by Crippen LogP contribution is -2.19. The summed E-state index contributed by atoms with van der Waals surface area (Å²) < 4.78 is 0. The van der Waals surface area contributed by atoms with E-state index in [0.29, 0.717) is 35.2 Å². The van der Waals surface area contributed by atoms with E-state index in [1.807, 2.05) is 77.7 Å². The normalized spacial score (nSPS) is 11.3. The van der Waals surface area contributed by atoms with Crippen molar-refractivity contribution >= 4 is 28.4 Å². The molecule has 0 aliphatic heterocycles. The molecular formula is C65H53N7. The number of fused-ring (bicyclic) bond motifs is 1. The van der Waals surface area contributed by atoms with Crippen LogP contribution >= 0.6 is 0 Å². The van der Waals surface area contributed by atoms with Crippen molar-refractivity contribution in [2.24, 2.45) is 0 Å². The van der Waals surface area contributed by atoms with E-state index < -0.39 is 0 Å². The third-order valence-electron chi connectivity index (χ3n) is 13.5. The summed E-state index contributed by atoms with van der Waals surface area (Å²) in [5.41, 5.74) is 17.7. The minimum atomic E-state index is -0.0310. The summed E-state index contributed by atoms with van der Waals surface area (Å²) in [6, 6.07) is 71.4. The quantitative estimate of drug-likeness (QED) is 0.120. The molecule has 348 valence electrons. The van der Waals surface area contributed by atoms with Crippen molar-refractivity contribution in [3.63, 3.8) is 0 Å². The Morgan fingerprint density at radius 1 is 0.333 bits per heavy atom. The van der Waals surface area contributed by atoms with Gasteiger partial charge in [0.15, 0.2) is 23.3 Å². The monoisotopic (exact) mass is 931 g/mol. The van der Waals surface area contributed by atoms with Gasteiger partial charge in [0.05, 0.1) is 5.69 Å². The van der Waals surface area contributed by atoms with Crippen molar-refractivity contribution in [2.75, 3.05) is 4.90 Å². The van der Waals surface area contributed by atoms with E-state index in [2.05, 4.69) is 175 Å². The predicted molar refractivity (Wildman–Crippen MR) is 295 cm³/mol. The molecule has 2 heterocycles. The Hall–Kier alpha value is -8.94. The van der Waals surface area contributed by atoms with Gasteiger partial charge in [0.25, 0.3) is 0 Å². The molecule has 7 nitrogen and oxygen atoms in total. The molecule has 0 aliphatic rings. The molecular weight excluding hydrogens is 879 g/mol. The van der Waals surface area contributed by atoms with Crippen LogP contribution in [0.2, 0.25) is 0 Å². The molecule has 0 N–H and O–H groups in total. The lowest BCUT2D eigenvalue weighted by Gasteiger charge is -2.28. The van der Waals surface area contributed by atoms with E-state index in [0.717, 1.165) is 49.8 Å². The molecule has 9 aromatic carbocycles. The Morgan fingerprint density at radius 2 is 0.736 bits per heavy atom. The molecule has 11 rings (SSSR count). The van der Waals surface area contributed by atoms with Crippen LogP contribution in [0.5, 0.6) is 0 Å². The molecule has 0 amide bonds. The zero-order chi connectivity index (χ0) is 49.3. The van der Waals surface area contributed by atoms with E-state index in [1.54, 1.807) is 0 Å². The SMILES string of the molecule is Cc1cc(C)c(C(c2ccc(N(c3nc(-c4ccccc4)nc(-c4ccccc4-c4ccccc4)n3)c3nc(-c4ccccc4)nc(-c4cccc5ccccc45)n3)cc2)c2c(C)cc(C)cc2C)c(C)c1. The van der Waals surface area contributed by atoms with Gasteiger partial charge in [-0.15, -0.1) is 0 Å². The van der Waals surface area contributed by atoms with E-state index in [1.165, 1.54) is 50.1 Å². The van der Waals surface area contributed by atoms with E-state index >= 15 is 0 Å². The number of nitrogens with zero attached hydrogens (tertiary/aromatic N) is 7. The third-order valence-corrected chi connectivity index (χ3v) is 13.5. The lowest BCUT2D eigenvalue weighted by atomic mass is 9.77. The number of aromatic nitrogens is 6. The second-order valence-electron chi connectivity index (χ2n) is 18.7. The zero-order valence-electron chi connectivity index (χ0n) is 41.3. The highest BCUT2D eigenvalue weighted by Crippen LogP contribution is 2.43. The summed E-state index contributed by atoms with van der Waals surface area (Å²) in [7, 11) is 0. The molecule has 0 radical (unpaired) electrons. The van der Waals surface area contributed by atoms with Gasteiger partial charge >= 0.3 is 0 Å². The third kappa shape index (κ3) is 8.93. The number of hydrogen-bond acceptors (Lipinski definition) is 7. The topological polar surface area (TPSA) is 80.6 Å². The minimum absolute atomic E-state index is 0.0310. The van der Waals surface area contributed by atoms with Crippen LogP contribution in [0.4, 0.5) is 17.6 Å². The Kier molecular flexibility index (Phi) is 12.3. The molecule has 0 fully saturated rings. The second-order valence-corrected chi connectivity index (χ2v) is 18.7. The molecule has 11 aromatic rings. The van der Waals surface area contributed by atoms with Gasteiger partial charge in [-0.2, -0.15) is 19.9 Å². The van der Waals surface area contributed by atoms with Crippen LogP contribution < -0.4 is 4.90 Å². The van der Waals surface area contributed by atoms with Gasteiger partial charge in [0.2, 0.25) is 11.9 Å². The largest absolute Gasteiger partial charge is 0.246 e. The van der Waals surface area contributed by atoms with Crippen LogP contribution in [0, 0.1) is 41.5 Å². The maximum absolute atomic E-state index is 5.44. The first-order valence-electron chi connectivity index (χ1n) is 24.5. The van der Waals surface area contributed by atoms with Crippen LogP contribution in [0.3, 0.4) is 0 Å². The summed E-state index contributed by atoms with van der Waals surface area (Å²) in [6.45, 7) is 13.3. The summed E-state index contributed by atoms with van der Waals surface area (Å²) in [5.74, 6) is 2.77. The van der Waals surface area contributed by atoms with E-state index in [-0.39, 0.29) is 5.92 Å². The number of anilines is 3. The fourth-order valence-corrected chi connectivity index (χ4v) is 10.5. The maximum Gasteiger partial charge on any atom is 0.241 e. The van der Waals surface area contributed by atoms with Crippen molar-refractivity contribution in [1.29, 1.82) is 0 Å². The van der Waals surface area contributed by atoms with Gasteiger partial charge in [-0.3, -0.25) is 0 Å². The molecule has 0 saturated heterocycles. The van der Waals surface area contributed by atoms with Gasteiger partial charge in [0, 0.05) is 28.2 Å². The highest BCUT2D eigenvalue weighted by atomic mass is 15.4. The molecule has 0 bridgehead atoms. The fourth-order valence-electron chi connectivity index (χ4n) is 10.5. The van der Waals surface area contributed by atoms with Gasteiger partial charge in [0.1, 0.15) is 0 Å². The van der Waals surface area contributed by atoms with E-state index in [4.69, 9.17) is 29.9 Å². The Labute approximate surface area is 421 Å². The van der Waals surface area contributed by atoms with Crippen LogP contribution in [0.1, 0.15) is 56.0 Å². The van der Waals surface area contributed by atoms with Gasteiger partial charge < -0.3 is 0 Å². The van der Waals surface area contributed by atoms with Crippen LogP contribution in [-0.4, -0.2) is 29.9 Å². The lowest BCUT2D eigenvalue weighted by molar-refractivity contribution is 0.917. The second kappa shape index (κ2) is 19.5. The van der Waals surface area contributed by atoms with Crippen LogP contribution in [0.15, 0.2) is 206 Å². The summed E-state index contributed by atoms with van der Waals surface area (Å²) in [6.07, 6.45) is 0. The molecule has 72 heavy (non-hydrogen) atoms. The average molecular weight is 932 g/mol. The molecule has 0 spiro atoms. The van der Waals surface area contributed by atoms with Crippen molar-refractivity contribution in [2.45, 2.75) is 47.5 Å². The van der Waals surface area contributed by atoms with Crippen molar-refractivity contribution in [1.82, 2.24) is 29.9 Å². The molecule has 0 saturated carbocycles. The summed E-state index contributed by atoms with van der Waals surface area (Å²) in [5, 5.41) is 2.12. The van der Waals surface area contributed by atoms with Crippen LogP contribution in [0.25, 0.3) is 67.5 Å². The number of aryl methyl sites for hydroxylation is 6. The maximum atomic E-state index is 5.44. The Bertz CT molecular complexity index is 3650. The van der Waals surface area contributed by atoms with Gasteiger partial charge in [-0.1, -0.05) is 205 Å². The summed E-state index contributed by atoms with van der Waals surface area (Å²) >= 11 is 0. The molecule has 0 aliphatic carbocycles. The molecule has 0 atom stereocenters. The van der Waals surface area contributed by atoms with Crippen LogP contribution in [-0.2, 0) is 0 Å². The number of hydrogen-bond donors (Lipinski definition) is 0. The first kappa shape index (κ1) is 45.5. The predicted octanol–water partition coefficient (Wildman–Crippen LogP) is 16.0. The summed E-state index contributed by atoms with van der Waals surface area (Å²) in [4.78, 5) is 34.0. The first-order chi connectivity index (χ1) is 35.2. The van der Waals surface area contributed by atoms with Gasteiger partial charge in [-0.25, -0.2) is 14.9 Å². The first-order valence-corrected chi connectivity index (χ1v) is 24.5. The Morgan fingerprint density at radius 3 is 1.26 bits per heavy atom. The van der Waals surface area contributed by atoms with Gasteiger partial charge in [-0.05, 0) is 115 Å². The molecule has 7 heteroatoms. The van der Waals surface area contributed by atoms with Crippen molar-refractivity contribution < 1.29 is 0 Å². The fraction of sp³-hybridized carbons (Fsp3) is 0.108. The van der Waals surface area contributed by atoms with Crippen molar-refractivity contribution in [3.05, 3.63) is 256 Å². The smallest absolute Gasteiger partial charge is 0.241 e. The molecule has 2 aromatic heterocycles. The number of rotatable bonds is 11. The van der Waals surface area contributed by atoms with Crippen molar-refractivity contribution in [3.8, 4) is 56.7 Å². The highest BCUT2D eigenvalue weighted by Gasteiger charge is 2.28. The highest BCUT2D eigenvalue weighted by molar-refractivity contribution is 5.95. The zero-order valence-corrected chi connectivity index (χ0v) is 41.3. The standard InChI is InChI=1S/C65H53N7/c1-41-37-43(3)57(44(4)38-41)59(58-45(5)39-42(2)40-46(58)6)49-33-35-52(36-34-49)72(65-69-61(51-26-14-9-15-27-51)67-63(71-65)56-32-20-28-48-23-16-17-29-54(48)56)64-68-60(50-24-12-8-13-25-50)66-62(70-64)55-31-19-18-30-53(55)47-21-10-7-11-22-47/h7-40,59H,1-6H3. The average Bonchev–Trinajstić information content (AvgIpc) is 3.40. The number of benzene rings is 9. The molecule has 0 unspecified atom stereocenters. The minimum Gasteiger partial charge on any atom is -0.246 e. The Balaban J connectivity index is 1.19. The van der Waals surface area contributed by atoms with E-state index in [9.17, 15) is 0 Å².